The lowest BCUT2D eigenvalue weighted by Crippen LogP contribution is -2.54. The molecule has 1 N–H and O–H groups in total. The van der Waals surface area contributed by atoms with Crippen molar-refractivity contribution in [2.45, 2.75) is 19.3 Å². The highest BCUT2D eigenvalue weighted by Gasteiger charge is 2.26. The van der Waals surface area contributed by atoms with Gasteiger partial charge in [-0.3, -0.25) is 4.99 Å². The Hall–Kier alpha value is -3.03. The van der Waals surface area contributed by atoms with Gasteiger partial charge in [-0.25, -0.2) is 9.97 Å². The molecule has 1 aromatic heterocycles. The number of nitrogens with one attached hydrogen (secondary N) is 1. The number of ether oxygens (including phenoxy) is 2. The van der Waals surface area contributed by atoms with Crippen LogP contribution in [0.3, 0.4) is 0 Å². The van der Waals surface area contributed by atoms with Gasteiger partial charge in [0.15, 0.2) is 17.5 Å². The van der Waals surface area contributed by atoms with Gasteiger partial charge in [0.1, 0.15) is 0 Å². The van der Waals surface area contributed by atoms with Gasteiger partial charge in [0.05, 0.1) is 0 Å². The molecule has 29 heavy (non-hydrogen) atoms. The monoisotopic (exact) mass is 396 g/mol. The van der Waals surface area contributed by atoms with Gasteiger partial charge in [0.25, 0.3) is 0 Å². The number of anilines is 1. The topological polar surface area (TPSA) is 75.1 Å². The third kappa shape index (κ3) is 4.21. The number of hydrogen-bond donors (Lipinski definition) is 1. The third-order valence-corrected chi connectivity index (χ3v) is 5.47. The normalized spacial score (nSPS) is 16.9. The molecule has 0 amide bonds. The van der Waals surface area contributed by atoms with E-state index in [1.54, 1.807) is 12.4 Å². The first kappa shape index (κ1) is 19.3. The molecule has 2 aliphatic rings. The van der Waals surface area contributed by atoms with E-state index in [2.05, 4.69) is 56.1 Å². The molecule has 8 heteroatoms. The van der Waals surface area contributed by atoms with Crippen LogP contribution in [-0.2, 0) is 5.41 Å². The van der Waals surface area contributed by atoms with E-state index in [-0.39, 0.29) is 5.41 Å². The molecule has 154 valence electrons. The first-order valence-electron chi connectivity index (χ1n) is 9.94. The maximum absolute atomic E-state index is 5.53. The van der Waals surface area contributed by atoms with Crippen molar-refractivity contribution in [1.29, 1.82) is 0 Å². The summed E-state index contributed by atoms with van der Waals surface area (Å²) in [6.45, 7) is 8.99. The largest absolute Gasteiger partial charge is 0.454 e. The number of benzene rings is 1. The summed E-state index contributed by atoms with van der Waals surface area (Å²) in [4.78, 5) is 17.7. The van der Waals surface area contributed by atoms with Crippen molar-refractivity contribution >= 4 is 11.9 Å². The van der Waals surface area contributed by atoms with Crippen LogP contribution < -0.4 is 19.7 Å². The second-order valence-corrected chi connectivity index (χ2v) is 7.88. The summed E-state index contributed by atoms with van der Waals surface area (Å²) in [7, 11) is 1.84. The van der Waals surface area contributed by atoms with E-state index in [0.717, 1.165) is 56.1 Å². The fraction of sp³-hybridized carbons (Fsp3) is 0.476. The number of guanidine groups is 1. The Morgan fingerprint density at radius 1 is 1.10 bits per heavy atom. The first-order chi connectivity index (χ1) is 14.1. The van der Waals surface area contributed by atoms with Crippen LogP contribution in [0.5, 0.6) is 11.5 Å². The van der Waals surface area contributed by atoms with Crippen molar-refractivity contribution in [3.63, 3.8) is 0 Å². The van der Waals surface area contributed by atoms with Crippen LogP contribution in [0.25, 0.3) is 0 Å². The lowest BCUT2D eigenvalue weighted by Gasteiger charge is -2.37. The van der Waals surface area contributed by atoms with Crippen LogP contribution in [0.1, 0.15) is 19.4 Å². The van der Waals surface area contributed by atoms with E-state index in [4.69, 9.17) is 9.47 Å². The van der Waals surface area contributed by atoms with Crippen molar-refractivity contribution < 1.29 is 9.47 Å². The summed E-state index contributed by atoms with van der Waals surface area (Å²) in [6, 6.07) is 8.01. The highest BCUT2D eigenvalue weighted by atomic mass is 16.7. The Labute approximate surface area is 171 Å². The Morgan fingerprint density at radius 2 is 1.83 bits per heavy atom. The minimum atomic E-state index is -0.0867. The molecular weight excluding hydrogens is 368 g/mol. The van der Waals surface area contributed by atoms with Gasteiger partial charge in [0.2, 0.25) is 12.7 Å². The molecule has 1 saturated heterocycles. The Kier molecular flexibility index (Phi) is 5.42. The molecule has 0 atom stereocenters. The summed E-state index contributed by atoms with van der Waals surface area (Å²) >= 11 is 0. The number of hydrogen-bond acceptors (Lipinski definition) is 6. The van der Waals surface area contributed by atoms with Gasteiger partial charge in [0, 0.05) is 57.6 Å². The highest BCUT2D eigenvalue weighted by molar-refractivity contribution is 5.80. The fourth-order valence-corrected chi connectivity index (χ4v) is 3.62. The van der Waals surface area contributed by atoms with Crippen molar-refractivity contribution in [3.05, 3.63) is 42.2 Å². The van der Waals surface area contributed by atoms with Gasteiger partial charge >= 0.3 is 0 Å². The van der Waals surface area contributed by atoms with Gasteiger partial charge in [-0.2, -0.15) is 0 Å². The first-order valence-corrected chi connectivity index (χ1v) is 9.94. The highest BCUT2D eigenvalue weighted by Crippen LogP contribution is 2.36. The van der Waals surface area contributed by atoms with E-state index in [9.17, 15) is 0 Å². The number of piperazine rings is 1. The molecule has 0 spiro atoms. The fourth-order valence-electron chi connectivity index (χ4n) is 3.62. The van der Waals surface area contributed by atoms with Gasteiger partial charge in [-0.05, 0) is 23.8 Å². The molecule has 1 aromatic carbocycles. The zero-order valence-electron chi connectivity index (χ0n) is 17.3. The molecule has 0 aliphatic carbocycles. The molecular formula is C21H28N6O2. The second kappa shape index (κ2) is 8.14. The van der Waals surface area contributed by atoms with Gasteiger partial charge in [-0.1, -0.05) is 19.9 Å². The number of rotatable bonds is 4. The quantitative estimate of drug-likeness (QED) is 0.625. The van der Waals surface area contributed by atoms with E-state index < -0.39 is 0 Å². The van der Waals surface area contributed by atoms with Crippen LogP contribution >= 0.6 is 0 Å². The van der Waals surface area contributed by atoms with Crippen molar-refractivity contribution in [3.8, 4) is 11.5 Å². The molecule has 2 aliphatic heterocycles. The lowest BCUT2D eigenvalue weighted by molar-refractivity contribution is 0.174. The maximum atomic E-state index is 5.53. The van der Waals surface area contributed by atoms with Gasteiger partial charge in [-0.15, -0.1) is 0 Å². The average Bonchev–Trinajstić information content (AvgIpc) is 3.23. The molecule has 0 unspecified atom stereocenters. The minimum Gasteiger partial charge on any atom is -0.454 e. The number of aromatic nitrogens is 2. The van der Waals surface area contributed by atoms with Crippen LogP contribution in [0.4, 0.5) is 5.95 Å². The number of nitrogens with zero attached hydrogens (tertiary/aromatic N) is 5. The number of fused-ring (bicyclic) bond motifs is 1. The standard InChI is InChI=1S/C21H28N6O2/c1-21(2,16-5-6-17-18(13-16)29-15-28-17)14-25-19(22-3)26-9-11-27(12-10-26)20-23-7-4-8-24-20/h4-8,13H,9-12,14-15H2,1-3H3,(H,22,25). The third-order valence-electron chi connectivity index (χ3n) is 5.47. The lowest BCUT2D eigenvalue weighted by atomic mass is 9.84. The van der Waals surface area contributed by atoms with Crippen molar-refractivity contribution in [2.75, 3.05) is 51.5 Å². The Morgan fingerprint density at radius 3 is 2.55 bits per heavy atom. The second-order valence-electron chi connectivity index (χ2n) is 7.88. The molecule has 8 nitrogen and oxygen atoms in total. The van der Waals surface area contributed by atoms with E-state index in [1.807, 2.05) is 19.2 Å². The van der Waals surface area contributed by atoms with Gasteiger partial charge < -0.3 is 24.6 Å². The van der Waals surface area contributed by atoms with Crippen molar-refractivity contribution in [2.24, 2.45) is 4.99 Å². The zero-order chi connectivity index (χ0) is 20.3. The molecule has 0 saturated carbocycles. The van der Waals surface area contributed by atoms with Crippen LogP contribution in [0.2, 0.25) is 0 Å². The summed E-state index contributed by atoms with van der Waals surface area (Å²) < 4.78 is 11.0. The minimum absolute atomic E-state index is 0.0867. The molecule has 0 bridgehead atoms. The van der Waals surface area contributed by atoms with E-state index in [0.29, 0.717) is 6.79 Å². The summed E-state index contributed by atoms with van der Waals surface area (Å²) in [5.74, 6) is 3.35. The Bertz CT molecular complexity index is 863. The average molecular weight is 396 g/mol. The Balaban J connectivity index is 1.35. The van der Waals surface area contributed by atoms with E-state index >= 15 is 0 Å². The molecule has 3 heterocycles. The van der Waals surface area contributed by atoms with Crippen LogP contribution in [0.15, 0.2) is 41.7 Å². The molecule has 0 radical (unpaired) electrons. The summed E-state index contributed by atoms with van der Waals surface area (Å²) in [6.07, 6.45) is 3.57. The maximum Gasteiger partial charge on any atom is 0.231 e. The summed E-state index contributed by atoms with van der Waals surface area (Å²) in [5.41, 5.74) is 1.12. The molecule has 2 aromatic rings. The predicted octanol–water partition coefficient (Wildman–Crippen LogP) is 1.88. The number of aliphatic imine (C=N–C) groups is 1. The molecule has 4 rings (SSSR count). The smallest absolute Gasteiger partial charge is 0.231 e. The van der Waals surface area contributed by atoms with Crippen molar-refractivity contribution in [1.82, 2.24) is 20.2 Å². The molecule has 1 fully saturated rings. The van der Waals surface area contributed by atoms with E-state index in [1.165, 1.54) is 5.56 Å². The summed E-state index contributed by atoms with van der Waals surface area (Å²) in [5, 5.41) is 3.55. The predicted molar refractivity (Wildman–Crippen MR) is 113 cm³/mol. The zero-order valence-corrected chi connectivity index (χ0v) is 17.3. The van der Waals surface area contributed by atoms with Crippen LogP contribution in [0, 0.1) is 0 Å². The SMILES string of the molecule is CN=C(NCC(C)(C)c1ccc2c(c1)OCO2)N1CCN(c2ncccn2)CC1. The van der Waals surface area contributed by atoms with Crippen LogP contribution in [-0.4, -0.2) is 67.4 Å².